The van der Waals surface area contributed by atoms with E-state index in [9.17, 15) is 4.79 Å². The first-order chi connectivity index (χ1) is 13.0. The number of aliphatic hydroxyl groups excluding tert-OH is 2. The molecule has 0 bridgehead atoms. The van der Waals surface area contributed by atoms with Crippen molar-refractivity contribution in [3.8, 4) is 11.5 Å². The molecule has 2 N–H and O–H groups in total. The molecular weight excluding hydrogens is 393 g/mol. The first-order valence-electron chi connectivity index (χ1n) is 8.30. The molecule has 144 valence electrons. The minimum Gasteiger partial charge on any atom is -0.454 e. The van der Waals surface area contributed by atoms with Crippen LogP contribution in [0.1, 0.15) is 24.2 Å². The summed E-state index contributed by atoms with van der Waals surface area (Å²) in [6.07, 6.45) is -0.970. The van der Waals surface area contributed by atoms with Gasteiger partial charge in [0.15, 0.2) is 5.58 Å². The number of carbonyl (C=O) groups is 1. The molecule has 1 heterocycles. The normalized spacial score (nSPS) is 10.6. The zero-order chi connectivity index (χ0) is 20.0. The van der Waals surface area contributed by atoms with E-state index in [4.69, 9.17) is 42.6 Å². The Morgan fingerprint density at radius 1 is 1.11 bits per heavy atom. The molecule has 0 saturated carbocycles. The standard InChI is InChI=1S/C17H13Cl2NO5.C2H6/c18-11-3-10(4-12(19)6-11)16-20-14-2-1-9(5-15(14)25-16)17(23)24-13(7-21)8-22;1-2/h1-6,13,21-22H,7-8H2;1-2H3. The van der Waals surface area contributed by atoms with Gasteiger partial charge >= 0.3 is 5.97 Å². The van der Waals surface area contributed by atoms with Crippen molar-refractivity contribution in [1.29, 1.82) is 0 Å². The van der Waals surface area contributed by atoms with Crippen LogP contribution in [0.25, 0.3) is 22.6 Å². The second-order valence-corrected chi connectivity index (χ2v) is 6.12. The van der Waals surface area contributed by atoms with Crippen molar-refractivity contribution in [3.63, 3.8) is 0 Å². The Morgan fingerprint density at radius 3 is 2.33 bits per heavy atom. The van der Waals surface area contributed by atoms with E-state index in [0.29, 0.717) is 32.6 Å². The van der Waals surface area contributed by atoms with Gasteiger partial charge in [0.2, 0.25) is 5.89 Å². The fourth-order valence-electron chi connectivity index (χ4n) is 2.20. The van der Waals surface area contributed by atoms with Gasteiger partial charge in [-0.05, 0) is 36.4 Å². The van der Waals surface area contributed by atoms with E-state index in [1.54, 1.807) is 24.3 Å². The van der Waals surface area contributed by atoms with Crippen LogP contribution >= 0.6 is 23.2 Å². The smallest absolute Gasteiger partial charge is 0.338 e. The van der Waals surface area contributed by atoms with Crippen LogP contribution in [0.5, 0.6) is 0 Å². The van der Waals surface area contributed by atoms with E-state index in [2.05, 4.69) is 4.98 Å². The van der Waals surface area contributed by atoms with Crippen LogP contribution < -0.4 is 0 Å². The van der Waals surface area contributed by atoms with Crippen molar-refractivity contribution in [3.05, 3.63) is 52.0 Å². The van der Waals surface area contributed by atoms with E-state index in [0.717, 1.165) is 0 Å². The number of rotatable bonds is 5. The summed E-state index contributed by atoms with van der Waals surface area (Å²) in [5.74, 6) is -0.368. The summed E-state index contributed by atoms with van der Waals surface area (Å²) in [6, 6.07) is 9.54. The molecule has 0 saturated heterocycles. The summed E-state index contributed by atoms with van der Waals surface area (Å²) in [6.45, 7) is 3.07. The van der Waals surface area contributed by atoms with E-state index < -0.39 is 25.3 Å². The number of ether oxygens (including phenoxy) is 1. The summed E-state index contributed by atoms with van der Waals surface area (Å²) >= 11 is 12.0. The summed E-state index contributed by atoms with van der Waals surface area (Å²) in [4.78, 5) is 16.4. The number of nitrogens with zero attached hydrogens (tertiary/aromatic N) is 1. The molecule has 2 aromatic carbocycles. The zero-order valence-corrected chi connectivity index (χ0v) is 16.3. The van der Waals surface area contributed by atoms with E-state index in [1.165, 1.54) is 12.1 Å². The molecule has 3 rings (SSSR count). The molecule has 1 aromatic heterocycles. The Balaban J connectivity index is 0.00000126. The van der Waals surface area contributed by atoms with Crippen LogP contribution in [0.4, 0.5) is 0 Å². The maximum atomic E-state index is 12.0. The van der Waals surface area contributed by atoms with Crippen molar-refractivity contribution in [2.24, 2.45) is 0 Å². The van der Waals surface area contributed by atoms with Gasteiger partial charge in [-0.1, -0.05) is 37.0 Å². The Labute approximate surface area is 166 Å². The molecule has 0 fully saturated rings. The minimum absolute atomic E-state index is 0.214. The lowest BCUT2D eigenvalue weighted by Crippen LogP contribution is -2.25. The van der Waals surface area contributed by atoms with E-state index in [-0.39, 0.29) is 5.56 Å². The summed E-state index contributed by atoms with van der Waals surface area (Å²) in [5.41, 5.74) is 1.75. The molecule has 3 aromatic rings. The number of aliphatic hydroxyl groups is 2. The summed E-state index contributed by atoms with van der Waals surface area (Å²) in [5, 5.41) is 18.9. The van der Waals surface area contributed by atoms with Gasteiger partial charge in [-0.2, -0.15) is 0 Å². The summed E-state index contributed by atoms with van der Waals surface area (Å²) in [7, 11) is 0. The molecular formula is C19H19Cl2NO5. The minimum atomic E-state index is -0.970. The molecule has 0 atom stereocenters. The molecule has 8 heteroatoms. The lowest BCUT2D eigenvalue weighted by atomic mass is 10.2. The number of hydrogen-bond donors (Lipinski definition) is 2. The number of carbonyl (C=O) groups excluding carboxylic acids is 1. The Bertz CT molecular complexity index is 901. The zero-order valence-electron chi connectivity index (χ0n) is 14.8. The third-order valence-corrected chi connectivity index (χ3v) is 3.85. The average molecular weight is 412 g/mol. The van der Waals surface area contributed by atoms with Gasteiger partial charge in [0.1, 0.15) is 11.6 Å². The highest BCUT2D eigenvalue weighted by molar-refractivity contribution is 6.35. The number of halogens is 2. The first kappa shape index (κ1) is 21.2. The van der Waals surface area contributed by atoms with Gasteiger partial charge in [-0.15, -0.1) is 0 Å². The molecule has 0 amide bonds. The van der Waals surface area contributed by atoms with Gasteiger partial charge in [-0.3, -0.25) is 0 Å². The van der Waals surface area contributed by atoms with Crippen LogP contribution in [-0.2, 0) is 4.74 Å². The van der Waals surface area contributed by atoms with Gasteiger partial charge in [-0.25, -0.2) is 9.78 Å². The Kier molecular flexibility index (Phi) is 7.62. The molecule has 27 heavy (non-hydrogen) atoms. The highest BCUT2D eigenvalue weighted by Gasteiger charge is 2.17. The first-order valence-corrected chi connectivity index (χ1v) is 9.05. The molecule has 0 radical (unpaired) electrons. The SMILES string of the molecule is CC.O=C(OC(CO)CO)c1ccc2nc(-c3cc(Cl)cc(Cl)c3)oc2c1. The van der Waals surface area contributed by atoms with E-state index >= 15 is 0 Å². The molecule has 0 aliphatic rings. The number of aromatic nitrogens is 1. The molecule has 0 aliphatic carbocycles. The quantitative estimate of drug-likeness (QED) is 0.606. The molecule has 0 unspecified atom stereocenters. The van der Waals surface area contributed by atoms with Crippen LogP contribution in [0.15, 0.2) is 40.8 Å². The van der Waals surface area contributed by atoms with Gasteiger partial charge in [0, 0.05) is 15.6 Å². The molecule has 6 nitrogen and oxygen atoms in total. The fourth-order valence-corrected chi connectivity index (χ4v) is 2.73. The van der Waals surface area contributed by atoms with Gasteiger partial charge in [0.25, 0.3) is 0 Å². The highest BCUT2D eigenvalue weighted by atomic mass is 35.5. The topological polar surface area (TPSA) is 92.8 Å². The van der Waals surface area contributed by atoms with Crippen LogP contribution in [0.2, 0.25) is 10.0 Å². The lowest BCUT2D eigenvalue weighted by molar-refractivity contribution is -0.00544. The number of hydrogen-bond acceptors (Lipinski definition) is 6. The number of esters is 1. The average Bonchev–Trinajstić information content (AvgIpc) is 3.10. The maximum absolute atomic E-state index is 12.0. The van der Waals surface area contributed by atoms with Crippen LogP contribution in [-0.4, -0.2) is 40.5 Å². The molecule has 0 aliphatic heterocycles. The third kappa shape index (κ3) is 5.20. The lowest BCUT2D eigenvalue weighted by Gasteiger charge is -2.12. The monoisotopic (exact) mass is 411 g/mol. The largest absolute Gasteiger partial charge is 0.454 e. The van der Waals surface area contributed by atoms with Crippen molar-refractivity contribution in [1.82, 2.24) is 4.98 Å². The predicted octanol–water partition coefficient (Wildman–Crippen LogP) is 4.34. The number of oxazole rings is 1. The summed E-state index contributed by atoms with van der Waals surface area (Å²) < 4.78 is 10.6. The van der Waals surface area contributed by atoms with Crippen molar-refractivity contribution < 1.29 is 24.2 Å². The number of fused-ring (bicyclic) bond motifs is 1. The molecule has 0 spiro atoms. The Morgan fingerprint density at radius 2 is 1.74 bits per heavy atom. The van der Waals surface area contributed by atoms with Crippen molar-refractivity contribution >= 4 is 40.3 Å². The Hall–Kier alpha value is -2.12. The predicted molar refractivity (Wildman–Crippen MR) is 104 cm³/mol. The van der Waals surface area contributed by atoms with Gasteiger partial charge in [0.05, 0.1) is 18.8 Å². The number of benzene rings is 2. The van der Waals surface area contributed by atoms with Crippen LogP contribution in [0, 0.1) is 0 Å². The van der Waals surface area contributed by atoms with Crippen LogP contribution in [0.3, 0.4) is 0 Å². The van der Waals surface area contributed by atoms with Crippen molar-refractivity contribution in [2.75, 3.05) is 13.2 Å². The van der Waals surface area contributed by atoms with Crippen molar-refractivity contribution in [2.45, 2.75) is 20.0 Å². The van der Waals surface area contributed by atoms with Gasteiger partial charge < -0.3 is 19.4 Å². The fraction of sp³-hybridized carbons (Fsp3) is 0.263. The van der Waals surface area contributed by atoms with E-state index in [1.807, 2.05) is 13.8 Å². The second-order valence-electron chi connectivity index (χ2n) is 5.25. The maximum Gasteiger partial charge on any atom is 0.338 e. The third-order valence-electron chi connectivity index (χ3n) is 3.41. The highest BCUT2D eigenvalue weighted by Crippen LogP contribution is 2.29. The second kappa shape index (κ2) is 9.71.